The minimum absolute atomic E-state index is 0.0537. The Morgan fingerprint density at radius 3 is 2.41 bits per heavy atom. The normalized spacial score (nSPS) is 33.7. The minimum Gasteiger partial charge on any atom is -0.507 e. The first kappa shape index (κ1) is 23.8. The molecule has 34 heavy (non-hydrogen) atoms. The fourth-order valence-corrected chi connectivity index (χ4v) is 6.08. The van der Waals surface area contributed by atoms with Crippen LogP contribution in [-0.4, -0.2) is 69.9 Å². The topological polar surface area (TPSA) is 184 Å². The summed E-state index contributed by atoms with van der Waals surface area (Å²) < 4.78 is 0. The van der Waals surface area contributed by atoms with E-state index in [9.17, 15) is 39.1 Å². The molecule has 4 rings (SSSR count). The van der Waals surface area contributed by atoms with Gasteiger partial charge in [-0.25, -0.2) is 0 Å². The van der Waals surface area contributed by atoms with E-state index in [0.717, 1.165) is 0 Å². The van der Waals surface area contributed by atoms with Crippen molar-refractivity contribution in [1.29, 1.82) is 0 Å². The van der Waals surface area contributed by atoms with Crippen LogP contribution in [0.15, 0.2) is 17.3 Å². The Bertz CT molecular complexity index is 1160. The summed E-state index contributed by atoms with van der Waals surface area (Å²) in [6.07, 6.45) is 0.0390. The van der Waals surface area contributed by atoms with Crippen molar-refractivity contribution in [3.05, 3.63) is 33.7 Å². The summed E-state index contributed by atoms with van der Waals surface area (Å²) in [7, 11) is 3.03. The van der Waals surface area contributed by atoms with Crippen molar-refractivity contribution in [3.8, 4) is 5.75 Å². The fraction of sp³-hybridized carbons (Fsp3) is 0.522. The Labute approximate surface area is 194 Å². The van der Waals surface area contributed by atoms with Crippen LogP contribution in [0.2, 0.25) is 0 Å². The van der Waals surface area contributed by atoms with Gasteiger partial charge in [-0.15, -0.1) is 0 Å². The molecule has 1 aromatic rings. The largest absolute Gasteiger partial charge is 0.507 e. The average Bonchev–Trinajstić information content (AvgIpc) is 2.75. The summed E-state index contributed by atoms with van der Waals surface area (Å²) in [5, 5.41) is 24.9. The van der Waals surface area contributed by atoms with Crippen LogP contribution in [0, 0.1) is 28.6 Å². The lowest BCUT2D eigenvalue weighted by molar-refractivity contribution is -0.181. The number of nitrogens with two attached hydrogens (primary N) is 1. The van der Waals surface area contributed by atoms with Gasteiger partial charge in [0.1, 0.15) is 11.8 Å². The van der Waals surface area contributed by atoms with Gasteiger partial charge in [0.2, 0.25) is 5.91 Å². The second-order valence-electron chi connectivity index (χ2n) is 9.60. The number of hydrogen-bond donors (Lipinski definition) is 3. The van der Waals surface area contributed by atoms with Gasteiger partial charge in [0.05, 0.1) is 17.5 Å². The molecule has 7 unspecified atom stereocenters. The van der Waals surface area contributed by atoms with Gasteiger partial charge in [0, 0.05) is 5.92 Å². The van der Waals surface area contributed by atoms with Gasteiger partial charge in [0.15, 0.2) is 34.7 Å². The number of ketones is 4. The number of nitroso groups, excluding NO2 is 1. The van der Waals surface area contributed by atoms with E-state index in [0.29, 0.717) is 11.1 Å². The van der Waals surface area contributed by atoms with E-state index in [1.165, 1.54) is 38.1 Å². The second-order valence-corrected chi connectivity index (χ2v) is 9.60. The lowest BCUT2D eigenvalue weighted by atomic mass is 9.52. The molecule has 2 saturated carbocycles. The molecule has 1 aromatic carbocycles. The molecular weight excluding hydrogens is 446 g/mol. The number of phenolic OH excluding ortho intramolecular Hbond substituents is 1. The highest BCUT2D eigenvalue weighted by Gasteiger charge is 2.69. The third-order valence-electron chi connectivity index (χ3n) is 7.59. The number of likely N-dealkylation sites (N-methyl/N-ethyl adjacent to an activating group) is 1. The number of aliphatic hydroxyl groups is 1. The summed E-state index contributed by atoms with van der Waals surface area (Å²) in [6.45, 7) is 1.53. The highest BCUT2D eigenvalue weighted by atomic mass is 16.3. The van der Waals surface area contributed by atoms with Gasteiger partial charge < -0.3 is 15.9 Å². The highest BCUT2D eigenvalue weighted by molar-refractivity contribution is 6.32. The van der Waals surface area contributed by atoms with Gasteiger partial charge in [0.25, 0.3) is 0 Å². The molecule has 4 N–H and O–H groups in total. The molecule has 7 atom stereocenters. The van der Waals surface area contributed by atoms with E-state index in [4.69, 9.17) is 5.73 Å². The number of carbonyl (C=O) groups excluding carboxylic acids is 5. The van der Waals surface area contributed by atoms with Crippen molar-refractivity contribution in [2.75, 3.05) is 14.1 Å². The summed E-state index contributed by atoms with van der Waals surface area (Å²) in [5.41, 5.74) is 3.17. The third kappa shape index (κ3) is 3.00. The maximum Gasteiger partial charge on any atom is 0.235 e. The zero-order chi connectivity index (χ0) is 25.3. The molecule has 0 bridgehead atoms. The summed E-state index contributed by atoms with van der Waals surface area (Å²) in [4.78, 5) is 77.9. The van der Waals surface area contributed by atoms with E-state index in [2.05, 4.69) is 5.18 Å². The lowest BCUT2D eigenvalue weighted by Gasteiger charge is -2.52. The Morgan fingerprint density at radius 1 is 1.21 bits per heavy atom. The summed E-state index contributed by atoms with van der Waals surface area (Å²) in [5.74, 6) is -11.1. The number of primary amides is 1. The Kier molecular flexibility index (Phi) is 5.52. The number of hydrogen-bond acceptors (Lipinski definition) is 10. The quantitative estimate of drug-likeness (QED) is 0.391. The van der Waals surface area contributed by atoms with Crippen LogP contribution in [-0.2, 0) is 25.6 Å². The number of aromatic hydroxyl groups is 1. The lowest BCUT2D eigenvalue weighted by Crippen LogP contribution is -2.74. The molecule has 3 aliphatic rings. The van der Waals surface area contributed by atoms with Crippen LogP contribution in [0.1, 0.15) is 40.9 Å². The zero-order valence-corrected chi connectivity index (χ0v) is 18.8. The van der Waals surface area contributed by atoms with Gasteiger partial charge in [-0.3, -0.25) is 28.9 Å². The molecule has 0 spiro atoms. The number of rotatable bonds is 4. The maximum absolute atomic E-state index is 13.7. The molecule has 11 nitrogen and oxygen atoms in total. The smallest absolute Gasteiger partial charge is 0.235 e. The Morgan fingerprint density at radius 2 is 1.85 bits per heavy atom. The van der Waals surface area contributed by atoms with Crippen LogP contribution >= 0.6 is 0 Å². The van der Waals surface area contributed by atoms with E-state index in [1.54, 1.807) is 0 Å². The number of fused-ring (bicyclic) bond motifs is 3. The van der Waals surface area contributed by atoms with Crippen molar-refractivity contribution in [3.63, 3.8) is 0 Å². The van der Waals surface area contributed by atoms with Crippen molar-refractivity contribution in [2.45, 2.75) is 37.5 Å². The number of amides is 1. The second kappa shape index (κ2) is 7.88. The highest BCUT2D eigenvalue weighted by Crippen LogP contribution is 2.51. The molecule has 0 heterocycles. The summed E-state index contributed by atoms with van der Waals surface area (Å²) >= 11 is 0. The van der Waals surface area contributed by atoms with Crippen molar-refractivity contribution in [2.24, 2.45) is 34.6 Å². The van der Waals surface area contributed by atoms with Gasteiger partial charge in [-0.05, 0) is 57.0 Å². The van der Waals surface area contributed by atoms with Gasteiger partial charge >= 0.3 is 0 Å². The predicted molar refractivity (Wildman–Crippen MR) is 116 cm³/mol. The molecular formula is C23H25N3O8. The van der Waals surface area contributed by atoms with E-state index in [1.807, 2.05) is 0 Å². The molecule has 0 radical (unpaired) electrons. The number of benzene rings is 1. The van der Waals surface area contributed by atoms with Crippen LogP contribution in [0.25, 0.3) is 0 Å². The van der Waals surface area contributed by atoms with Crippen LogP contribution in [0.3, 0.4) is 0 Å². The standard InChI is InChI=1S/C23H25N3O8/c1-8(25-34)10-4-5-13(27)15-11(10)6-9-7-12-17(26(2)3)19(29)16(22(24)32)21(31)23(12,33)20(30)14(9)18(15)28/h4-5,8-9,12,14,16-17,27,33H,6-7H2,1-3H3,(H2,24,32). The first-order valence-corrected chi connectivity index (χ1v) is 10.9. The maximum atomic E-state index is 13.7. The Hall–Kier alpha value is -3.31. The SMILES string of the molecule is CC(N=O)c1ccc(O)c2c1CC1CC3C(N(C)C)C(=O)C(C(N)=O)C(=O)C3(O)C(=O)C1C2=O. The van der Waals surface area contributed by atoms with Crippen LogP contribution < -0.4 is 5.73 Å². The first-order chi connectivity index (χ1) is 15.9. The number of carbonyl (C=O) groups is 5. The number of Topliss-reactive ketones (excluding diaryl/α,β-unsaturated/α-hetero) is 4. The van der Waals surface area contributed by atoms with E-state index in [-0.39, 0.29) is 18.4 Å². The summed E-state index contributed by atoms with van der Waals surface area (Å²) in [6, 6.07) is 0.733. The van der Waals surface area contributed by atoms with Crippen LogP contribution in [0.4, 0.5) is 0 Å². The Balaban J connectivity index is 1.89. The number of nitrogens with zero attached hydrogens (tertiary/aromatic N) is 2. The van der Waals surface area contributed by atoms with E-state index >= 15 is 0 Å². The predicted octanol–water partition coefficient (Wildman–Crippen LogP) is -0.306. The minimum atomic E-state index is -2.76. The van der Waals surface area contributed by atoms with Crippen LogP contribution in [0.5, 0.6) is 5.75 Å². The van der Waals surface area contributed by atoms with E-state index < -0.39 is 76.1 Å². The van der Waals surface area contributed by atoms with Gasteiger partial charge in [-0.2, -0.15) is 4.91 Å². The molecule has 0 aliphatic heterocycles. The molecule has 2 fully saturated rings. The molecule has 3 aliphatic carbocycles. The fourth-order valence-electron chi connectivity index (χ4n) is 6.08. The van der Waals surface area contributed by atoms with Gasteiger partial charge in [-0.1, -0.05) is 11.2 Å². The van der Waals surface area contributed by atoms with Crippen molar-refractivity contribution < 1.29 is 34.2 Å². The molecule has 0 saturated heterocycles. The molecule has 180 valence electrons. The average molecular weight is 471 g/mol. The molecule has 11 heteroatoms. The molecule has 0 aromatic heterocycles. The molecule has 1 amide bonds. The van der Waals surface area contributed by atoms with Crippen molar-refractivity contribution >= 4 is 29.0 Å². The third-order valence-corrected chi connectivity index (χ3v) is 7.59. The zero-order valence-electron chi connectivity index (χ0n) is 18.8. The monoisotopic (exact) mass is 471 g/mol. The number of phenols is 1. The van der Waals surface area contributed by atoms with Crippen molar-refractivity contribution in [1.82, 2.24) is 4.90 Å². The first-order valence-electron chi connectivity index (χ1n) is 10.9.